The first-order valence-electron chi connectivity index (χ1n) is 8.64. The van der Waals surface area contributed by atoms with E-state index in [4.69, 9.17) is 5.11 Å². The highest BCUT2D eigenvalue weighted by atomic mass is 16.4. The summed E-state index contributed by atoms with van der Waals surface area (Å²) in [6.07, 6.45) is 5.18. The van der Waals surface area contributed by atoms with E-state index in [0.717, 1.165) is 44.7 Å². The molecule has 2 aliphatic rings. The molecule has 0 aromatic carbocycles. The quantitative estimate of drug-likeness (QED) is 0.920. The van der Waals surface area contributed by atoms with Crippen molar-refractivity contribution in [2.24, 2.45) is 5.41 Å². The molecule has 0 bridgehead atoms. The first kappa shape index (κ1) is 16.7. The van der Waals surface area contributed by atoms with E-state index in [-0.39, 0.29) is 22.9 Å². The summed E-state index contributed by atoms with van der Waals surface area (Å²) in [5, 5.41) is 9.00. The molecule has 1 N–H and O–H groups in total. The average Bonchev–Trinajstić information content (AvgIpc) is 2.57. The average molecular weight is 331 g/mol. The number of pyridine rings is 1. The van der Waals surface area contributed by atoms with Crippen molar-refractivity contribution in [2.75, 3.05) is 24.5 Å². The number of aromatic nitrogens is 1. The Hall–Kier alpha value is -2.11. The number of rotatable bonds is 3. The van der Waals surface area contributed by atoms with Crippen LogP contribution in [0.25, 0.3) is 0 Å². The maximum absolute atomic E-state index is 12.2. The van der Waals surface area contributed by atoms with Gasteiger partial charge in [0.05, 0.1) is 5.56 Å². The molecule has 3 rings (SSSR count). The molecule has 1 amide bonds. The fourth-order valence-electron chi connectivity index (χ4n) is 3.95. The molecule has 130 valence electrons. The van der Waals surface area contributed by atoms with Gasteiger partial charge in [0.15, 0.2) is 0 Å². The third-order valence-corrected chi connectivity index (χ3v) is 5.30. The first-order chi connectivity index (χ1) is 11.4. The molecule has 1 aromatic rings. The molecule has 1 aromatic heterocycles. The number of carbonyl (C=O) groups excluding carboxylic acids is 1. The summed E-state index contributed by atoms with van der Waals surface area (Å²) in [6.45, 7) is 6.76. The summed E-state index contributed by atoms with van der Waals surface area (Å²) < 4.78 is 0. The minimum absolute atomic E-state index is 0.129. The SMILES string of the molecule is CC(C)N1C[C@]2(CCCN(c3ccc(C(=O)O)cn3)C2)CCC1=O. The lowest BCUT2D eigenvalue weighted by Crippen LogP contribution is -2.55. The molecule has 0 radical (unpaired) electrons. The number of nitrogens with zero attached hydrogens (tertiary/aromatic N) is 3. The van der Waals surface area contributed by atoms with E-state index in [2.05, 4.69) is 23.7 Å². The molecule has 0 aliphatic carbocycles. The molecule has 0 unspecified atom stereocenters. The second-order valence-corrected chi connectivity index (χ2v) is 7.35. The molecule has 2 saturated heterocycles. The lowest BCUT2D eigenvalue weighted by molar-refractivity contribution is -0.140. The molecule has 2 fully saturated rings. The van der Waals surface area contributed by atoms with Crippen molar-refractivity contribution >= 4 is 17.7 Å². The third-order valence-electron chi connectivity index (χ3n) is 5.30. The van der Waals surface area contributed by atoms with Gasteiger partial charge in [-0.3, -0.25) is 4.79 Å². The van der Waals surface area contributed by atoms with Gasteiger partial charge in [-0.05, 0) is 45.2 Å². The van der Waals surface area contributed by atoms with Gasteiger partial charge in [-0.15, -0.1) is 0 Å². The zero-order valence-electron chi connectivity index (χ0n) is 14.4. The van der Waals surface area contributed by atoms with Crippen LogP contribution in [0.15, 0.2) is 18.3 Å². The standard InChI is InChI=1S/C18H25N3O3/c1-13(2)21-12-18(8-6-16(21)22)7-3-9-20(11-18)15-5-4-14(10-19-15)17(23)24/h4-5,10,13H,3,6-9,11-12H2,1-2H3,(H,23,24)/t18-/m1/s1. The maximum Gasteiger partial charge on any atom is 0.337 e. The van der Waals surface area contributed by atoms with Crippen molar-refractivity contribution < 1.29 is 14.7 Å². The number of piperidine rings is 2. The normalized spacial score (nSPS) is 24.7. The molecule has 1 spiro atoms. The molecule has 2 aliphatic heterocycles. The predicted octanol–water partition coefficient (Wildman–Crippen LogP) is 2.40. The molecular weight excluding hydrogens is 306 g/mol. The van der Waals surface area contributed by atoms with E-state index < -0.39 is 5.97 Å². The van der Waals surface area contributed by atoms with Gasteiger partial charge in [-0.1, -0.05) is 0 Å². The zero-order valence-corrected chi connectivity index (χ0v) is 14.4. The van der Waals surface area contributed by atoms with Crippen molar-refractivity contribution in [1.29, 1.82) is 0 Å². The first-order valence-corrected chi connectivity index (χ1v) is 8.64. The number of hydrogen-bond donors (Lipinski definition) is 1. The Morgan fingerprint density at radius 2 is 2.08 bits per heavy atom. The van der Waals surface area contributed by atoms with Gasteiger partial charge in [0.1, 0.15) is 5.82 Å². The summed E-state index contributed by atoms with van der Waals surface area (Å²) in [5.74, 6) is 0.131. The van der Waals surface area contributed by atoms with E-state index in [1.54, 1.807) is 12.1 Å². The highest BCUT2D eigenvalue weighted by Gasteiger charge is 2.42. The van der Waals surface area contributed by atoms with Gasteiger partial charge in [0.2, 0.25) is 5.91 Å². The monoisotopic (exact) mass is 331 g/mol. The van der Waals surface area contributed by atoms with Crippen molar-refractivity contribution in [3.05, 3.63) is 23.9 Å². The summed E-state index contributed by atoms with van der Waals surface area (Å²) >= 11 is 0. The van der Waals surface area contributed by atoms with Crippen LogP contribution in [0.3, 0.4) is 0 Å². The van der Waals surface area contributed by atoms with Crippen LogP contribution in [0.5, 0.6) is 0 Å². The van der Waals surface area contributed by atoms with Crippen LogP contribution < -0.4 is 4.90 Å². The van der Waals surface area contributed by atoms with E-state index in [0.29, 0.717) is 6.42 Å². The topological polar surface area (TPSA) is 73.7 Å². The lowest BCUT2D eigenvalue weighted by Gasteiger charge is -2.49. The highest BCUT2D eigenvalue weighted by Crippen LogP contribution is 2.40. The minimum Gasteiger partial charge on any atom is -0.478 e. The Morgan fingerprint density at radius 3 is 2.71 bits per heavy atom. The number of aromatic carboxylic acids is 1. The number of hydrogen-bond acceptors (Lipinski definition) is 4. The van der Waals surface area contributed by atoms with Gasteiger partial charge < -0.3 is 14.9 Å². The molecule has 0 saturated carbocycles. The number of carboxylic acids is 1. The number of likely N-dealkylation sites (tertiary alicyclic amines) is 1. The van der Waals surface area contributed by atoms with Crippen LogP contribution in [0.1, 0.15) is 49.9 Å². The van der Waals surface area contributed by atoms with E-state index >= 15 is 0 Å². The number of carboxylic acid groups (broad SMARTS) is 1. The van der Waals surface area contributed by atoms with E-state index in [1.807, 2.05) is 4.90 Å². The van der Waals surface area contributed by atoms with Crippen LogP contribution in [0.4, 0.5) is 5.82 Å². The summed E-state index contributed by atoms with van der Waals surface area (Å²) in [5.41, 5.74) is 0.337. The van der Waals surface area contributed by atoms with Gasteiger partial charge in [-0.25, -0.2) is 9.78 Å². The zero-order chi connectivity index (χ0) is 17.3. The highest BCUT2D eigenvalue weighted by molar-refractivity contribution is 5.87. The predicted molar refractivity (Wildman–Crippen MR) is 91.2 cm³/mol. The smallest absolute Gasteiger partial charge is 0.337 e. The van der Waals surface area contributed by atoms with E-state index in [1.165, 1.54) is 6.20 Å². The minimum atomic E-state index is -0.956. The van der Waals surface area contributed by atoms with Crippen LogP contribution in [-0.2, 0) is 4.79 Å². The van der Waals surface area contributed by atoms with Crippen LogP contribution in [0.2, 0.25) is 0 Å². The van der Waals surface area contributed by atoms with Crippen molar-refractivity contribution in [2.45, 2.75) is 45.6 Å². The Balaban J connectivity index is 1.76. The second kappa shape index (κ2) is 6.42. The summed E-state index contributed by atoms with van der Waals surface area (Å²) in [7, 11) is 0. The fraction of sp³-hybridized carbons (Fsp3) is 0.611. The van der Waals surface area contributed by atoms with E-state index in [9.17, 15) is 9.59 Å². The maximum atomic E-state index is 12.2. The third kappa shape index (κ3) is 3.23. The lowest BCUT2D eigenvalue weighted by atomic mass is 9.73. The number of carbonyl (C=O) groups is 2. The van der Waals surface area contributed by atoms with Crippen LogP contribution >= 0.6 is 0 Å². The summed E-state index contributed by atoms with van der Waals surface area (Å²) in [4.78, 5) is 31.7. The molecule has 6 heteroatoms. The molecule has 3 heterocycles. The van der Waals surface area contributed by atoms with Gasteiger partial charge in [0.25, 0.3) is 0 Å². The molecule has 6 nitrogen and oxygen atoms in total. The Bertz CT molecular complexity index is 629. The van der Waals surface area contributed by atoms with Gasteiger partial charge in [0, 0.05) is 43.7 Å². The summed E-state index contributed by atoms with van der Waals surface area (Å²) in [6, 6.07) is 3.63. The molecule has 1 atom stereocenters. The number of anilines is 1. The molecular formula is C18H25N3O3. The fourth-order valence-corrected chi connectivity index (χ4v) is 3.95. The van der Waals surface area contributed by atoms with Gasteiger partial charge >= 0.3 is 5.97 Å². The Morgan fingerprint density at radius 1 is 1.29 bits per heavy atom. The largest absolute Gasteiger partial charge is 0.478 e. The molecule has 24 heavy (non-hydrogen) atoms. The van der Waals surface area contributed by atoms with Crippen LogP contribution in [0, 0.1) is 5.41 Å². The van der Waals surface area contributed by atoms with Crippen LogP contribution in [-0.4, -0.2) is 52.5 Å². The van der Waals surface area contributed by atoms with Crippen molar-refractivity contribution in [1.82, 2.24) is 9.88 Å². The Labute approximate surface area is 142 Å². The van der Waals surface area contributed by atoms with Crippen molar-refractivity contribution in [3.8, 4) is 0 Å². The second-order valence-electron chi connectivity index (χ2n) is 7.35. The van der Waals surface area contributed by atoms with Crippen molar-refractivity contribution in [3.63, 3.8) is 0 Å². The Kier molecular flexibility index (Phi) is 4.47. The van der Waals surface area contributed by atoms with Gasteiger partial charge in [-0.2, -0.15) is 0 Å². The number of amides is 1.